The van der Waals surface area contributed by atoms with E-state index in [1.54, 1.807) is 4.90 Å². The molecule has 0 bridgehead atoms. The number of amides is 1. The van der Waals surface area contributed by atoms with Crippen molar-refractivity contribution in [3.63, 3.8) is 0 Å². The molecule has 0 spiro atoms. The molecule has 2 rings (SSSR count). The first-order valence-electron chi connectivity index (χ1n) is 7.48. The van der Waals surface area contributed by atoms with Crippen LogP contribution in [0.3, 0.4) is 0 Å². The van der Waals surface area contributed by atoms with Crippen LogP contribution in [0.2, 0.25) is 0 Å². The first-order valence-corrected chi connectivity index (χ1v) is 7.48. The molecule has 1 amide bonds. The van der Waals surface area contributed by atoms with Crippen LogP contribution in [0.5, 0.6) is 0 Å². The van der Waals surface area contributed by atoms with Gasteiger partial charge in [0.05, 0.1) is 6.10 Å². The normalized spacial score (nSPS) is 31.1. The monoisotopic (exact) mass is 283 g/mol. The summed E-state index contributed by atoms with van der Waals surface area (Å²) in [4.78, 5) is 25.7. The lowest BCUT2D eigenvalue weighted by molar-refractivity contribution is -0.131. The third-order valence-electron chi connectivity index (χ3n) is 4.02. The van der Waals surface area contributed by atoms with Crippen molar-refractivity contribution in [1.29, 1.82) is 0 Å². The molecule has 2 aliphatic rings. The average molecular weight is 283 g/mol. The zero-order valence-electron chi connectivity index (χ0n) is 12.7. The standard InChI is InChI=1S/C15H25NO4/c1-14(2,3)20-13(18)16-9-6-8-15(16,11-17)12-7-4-5-10-19-12/h11-12H,4-10H2,1-3H3. The third kappa shape index (κ3) is 2.97. The summed E-state index contributed by atoms with van der Waals surface area (Å²) >= 11 is 0. The highest BCUT2D eigenvalue weighted by molar-refractivity contribution is 5.78. The number of carbonyl (C=O) groups excluding carboxylic acids is 2. The van der Waals surface area contributed by atoms with E-state index in [1.807, 2.05) is 20.8 Å². The Morgan fingerprint density at radius 3 is 2.65 bits per heavy atom. The van der Waals surface area contributed by atoms with E-state index in [4.69, 9.17) is 9.47 Å². The molecule has 0 N–H and O–H groups in total. The van der Waals surface area contributed by atoms with Crippen LogP contribution < -0.4 is 0 Å². The SMILES string of the molecule is CC(C)(C)OC(=O)N1CCCC1(C=O)C1CCCCO1. The van der Waals surface area contributed by atoms with Gasteiger partial charge in [-0.3, -0.25) is 4.90 Å². The Labute approximate surface area is 120 Å². The lowest BCUT2D eigenvalue weighted by Crippen LogP contribution is -2.58. The Hall–Kier alpha value is -1.10. The van der Waals surface area contributed by atoms with Gasteiger partial charge in [-0.1, -0.05) is 0 Å². The Bertz CT molecular complexity index is 371. The number of carbonyl (C=O) groups is 2. The molecule has 0 saturated carbocycles. The molecule has 20 heavy (non-hydrogen) atoms. The van der Waals surface area contributed by atoms with Crippen LogP contribution in [0.4, 0.5) is 4.79 Å². The van der Waals surface area contributed by atoms with E-state index in [0.29, 0.717) is 19.6 Å². The second-order valence-corrected chi connectivity index (χ2v) is 6.70. The van der Waals surface area contributed by atoms with E-state index in [1.165, 1.54) is 0 Å². The Morgan fingerprint density at radius 1 is 1.35 bits per heavy atom. The van der Waals surface area contributed by atoms with E-state index in [9.17, 15) is 9.59 Å². The van der Waals surface area contributed by atoms with Crippen LogP contribution in [0.25, 0.3) is 0 Å². The number of hydrogen-bond acceptors (Lipinski definition) is 4. The van der Waals surface area contributed by atoms with Crippen LogP contribution in [0, 0.1) is 0 Å². The number of ether oxygens (including phenoxy) is 2. The van der Waals surface area contributed by atoms with Crippen LogP contribution in [-0.4, -0.2) is 47.7 Å². The molecule has 0 aromatic heterocycles. The second kappa shape index (κ2) is 5.72. The topological polar surface area (TPSA) is 55.8 Å². The Morgan fingerprint density at radius 2 is 2.10 bits per heavy atom. The zero-order chi connectivity index (χ0) is 14.8. The lowest BCUT2D eigenvalue weighted by Gasteiger charge is -2.41. The molecule has 5 nitrogen and oxygen atoms in total. The molecule has 2 heterocycles. The van der Waals surface area contributed by atoms with Gasteiger partial charge < -0.3 is 14.3 Å². The van der Waals surface area contributed by atoms with Crippen LogP contribution in [0.1, 0.15) is 52.9 Å². The minimum absolute atomic E-state index is 0.191. The van der Waals surface area contributed by atoms with Crippen molar-refractivity contribution in [2.24, 2.45) is 0 Å². The van der Waals surface area contributed by atoms with Gasteiger partial charge in [0.15, 0.2) is 0 Å². The van der Waals surface area contributed by atoms with Gasteiger partial charge in [0.1, 0.15) is 17.4 Å². The van der Waals surface area contributed by atoms with E-state index in [0.717, 1.165) is 32.0 Å². The molecule has 2 unspecified atom stereocenters. The highest BCUT2D eigenvalue weighted by atomic mass is 16.6. The van der Waals surface area contributed by atoms with Gasteiger partial charge in [-0.05, 0) is 52.9 Å². The van der Waals surface area contributed by atoms with Crippen molar-refractivity contribution < 1.29 is 19.1 Å². The molecule has 5 heteroatoms. The molecule has 2 aliphatic heterocycles. The van der Waals surface area contributed by atoms with Crippen molar-refractivity contribution in [3.05, 3.63) is 0 Å². The van der Waals surface area contributed by atoms with E-state index >= 15 is 0 Å². The number of rotatable bonds is 2. The molecule has 0 aromatic rings. The molecule has 2 saturated heterocycles. The zero-order valence-corrected chi connectivity index (χ0v) is 12.7. The summed E-state index contributed by atoms with van der Waals surface area (Å²) in [6.07, 6.45) is 4.69. The number of aldehydes is 1. The predicted octanol–water partition coefficient (Wildman–Crippen LogP) is 2.52. The quantitative estimate of drug-likeness (QED) is 0.731. The largest absolute Gasteiger partial charge is 0.444 e. The maximum Gasteiger partial charge on any atom is 0.411 e. The minimum Gasteiger partial charge on any atom is -0.444 e. The van der Waals surface area contributed by atoms with Gasteiger partial charge >= 0.3 is 6.09 Å². The maximum atomic E-state index is 12.4. The highest BCUT2D eigenvalue weighted by Crippen LogP contribution is 2.37. The average Bonchev–Trinajstić information content (AvgIpc) is 2.83. The Kier molecular flexibility index (Phi) is 4.37. The van der Waals surface area contributed by atoms with Gasteiger partial charge in [0.2, 0.25) is 0 Å². The fourth-order valence-corrected chi connectivity index (χ4v) is 3.11. The number of nitrogens with zero attached hydrogens (tertiary/aromatic N) is 1. The van der Waals surface area contributed by atoms with Gasteiger partial charge in [0.25, 0.3) is 0 Å². The minimum atomic E-state index is -0.831. The Balaban J connectivity index is 2.17. The predicted molar refractivity (Wildman–Crippen MR) is 74.6 cm³/mol. The van der Waals surface area contributed by atoms with Crippen molar-refractivity contribution in [3.8, 4) is 0 Å². The fourth-order valence-electron chi connectivity index (χ4n) is 3.11. The lowest BCUT2D eigenvalue weighted by atomic mass is 9.86. The van der Waals surface area contributed by atoms with Crippen molar-refractivity contribution >= 4 is 12.4 Å². The smallest absolute Gasteiger partial charge is 0.411 e. The summed E-state index contributed by atoms with van der Waals surface area (Å²) in [5, 5.41) is 0. The molecule has 114 valence electrons. The first-order chi connectivity index (χ1) is 9.39. The summed E-state index contributed by atoms with van der Waals surface area (Å²) in [5.74, 6) is 0. The van der Waals surface area contributed by atoms with Crippen molar-refractivity contribution in [1.82, 2.24) is 4.90 Å². The number of hydrogen-bond donors (Lipinski definition) is 0. The summed E-state index contributed by atoms with van der Waals surface area (Å²) in [6, 6.07) is 0. The van der Waals surface area contributed by atoms with Crippen molar-refractivity contribution in [2.75, 3.05) is 13.2 Å². The van der Waals surface area contributed by atoms with Crippen LogP contribution >= 0.6 is 0 Å². The summed E-state index contributed by atoms with van der Waals surface area (Å²) in [5.41, 5.74) is -1.38. The van der Waals surface area contributed by atoms with Gasteiger partial charge in [0, 0.05) is 13.2 Å². The number of likely N-dealkylation sites (tertiary alicyclic amines) is 1. The van der Waals surface area contributed by atoms with Crippen molar-refractivity contribution in [2.45, 2.75) is 70.1 Å². The van der Waals surface area contributed by atoms with Crippen LogP contribution in [-0.2, 0) is 14.3 Å². The summed E-state index contributed by atoms with van der Waals surface area (Å²) in [7, 11) is 0. The van der Waals surface area contributed by atoms with Gasteiger partial charge in [-0.25, -0.2) is 4.79 Å². The molecule has 0 aromatic carbocycles. The molecular formula is C15H25NO4. The van der Waals surface area contributed by atoms with E-state index in [2.05, 4.69) is 0 Å². The molecule has 2 atom stereocenters. The van der Waals surface area contributed by atoms with Crippen LogP contribution in [0.15, 0.2) is 0 Å². The fraction of sp³-hybridized carbons (Fsp3) is 0.867. The highest BCUT2D eigenvalue weighted by Gasteiger charge is 2.51. The third-order valence-corrected chi connectivity index (χ3v) is 4.02. The maximum absolute atomic E-state index is 12.4. The van der Waals surface area contributed by atoms with E-state index in [-0.39, 0.29) is 6.10 Å². The van der Waals surface area contributed by atoms with E-state index < -0.39 is 17.2 Å². The summed E-state index contributed by atoms with van der Waals surface area (Å²) in [6.45, 7) is 6.73. The molecular weight excluding hydrogens is 258 g/mol. The van der Waals surface area contributed by atoms with Gasteiger partial charge in [-0.2, -0.15) is 0 Å². The second-order valence-electron chi connectivity index (χ2n) is 6.70. The first kappa shape index (κ1) is 15.3. The molecule has 0 aliphatic carbocycles. The molecule has 0 radical (unpaired) electrons. The van der Waals surface area contributed by atoms with Gasteiger partial charge in [-0.15, -0.1) is 0 Å². The molecule has 2 fully saturated rings. The summed E-state index contributed by atoms with van der Waals surface area (Å²) < 4.78 is 11.2.